The first-order valence-electron chi connectivity index (χ1n) is 19.1. The van der Waals surface area contributed by atoms with Crippen molar-refractivity contribution in [1.29, 1.82) is 0 Å². The molecule has 0 fully saturated rings. The molecule has 0 aliphatic heterocycles. The second-order valence-corrected chi connectivity index (χ2v) is 13.5. The molecule has 0 heterocycles. The maximum absolute atomic E-state index is 13.1. The molecular formula is C40H61N3O13. The van der Waals surface area contributed by atoms with Crippen LogP contribution >= 0.6 is 0 Å². The van der Waals surface area contributed by atoms with Crippen molar-refractivity contribution in [3.05, 3.63) is 59.7 Å². The fourth-order valence-electron chi connectivity index (χ4n) is 5.42. The Morgan fingerprint density at radius 1 is 0.589 bits per heavy atom. The van der Waals surface area contributed by atoms with Crippen LogP contribution in [0.5, 0.6) is 0 Å². The van der Waals surface area contributed by atoms with Crippen LogP contribution in [0.3, 0.4) is 0 Å². The third-order valence-electron chi connectivity index (χ3n) is 8.01. The smallest absolute Gasteiger partial charge is 0.407 e. The Balaban J connectivity index is 1.23. The van der Waals surface area contributed by atoms with Gasteiger partial charge in [-0.1, -0.05) is 48.5 Å². The van der Waals surface area contributed by atoms with Crippen LogP contribution in [0, 0.1) is 0 Å². The summed E-state index contributed by atoms with van der Waals surface area (Å²) in [5.41, 5.74) is 3.60. The predicted octanol–water partition coefficient (Wildman–Crippen LogP) is 3.30. The SMILES string of the molecule is COCCOCCOCCOCCOCCOCCOCCOCCNC(=O)C(CNC(=O)OC(C)(C)C)NC(=O)OCC1c2ccccc2-c2ccccc21. The lowest BCUT2D eigenvalue weighted by Gasteiger charge is -2.22. The van der Waals surface area contributed by atoms with Crippen molar-refractivity contribution < 1.29 is 61.8 Å². The molecule has 1 aliphatic rings. The van der Waals surface area contributed by atoms with Gasteiger partial charge in [0.1, 0.15) is 18.2 Å². The van der Waals surface area contributed by atoms with Crippen LogP contribution in [0.15, 0.2) is 48.5 Å². The number of alkyl carbamates (subject to hydrolysis) is 2. The third-order valence-corrected chi connectivity index (χ3v) is 8.01. The molecular weight excluding hydrogens is 730 g/mol. The number of methoxy groups -OCH3 is 1. The molecule has 0 spiro atoms. The highest BCUT2D eigenvalue weighted by Crippen LogP contribution is 2.44. The van der Waals surface area contributed by atoms with Gasteiger partial charge in [-0.3, -0.25) is 4.79 Å². The van der Waals surface area contributed by atoms with Gasteiger partial charge < -0.3 is 63.3 Å². The lowest BCUT2D eigenvalue weighted by atomic mass is 9.98. The number of hydrogen-bond donors (Lipinski definition) is 3. The summed E-state index contributed by atoms with van der Waals surface area (Å²) in [6.07, 6.45) is -1.51. The van der Waals surface area contributed by atoms with E-state index in [9.17, 15) is 14.4 Å². The second kappa shape index (κ2) is 27.7. The van der Waals surface area contributed by atoms with Crippen molar-refractivity contribution in [3.8, 4) is 11.1 Å². The number of ether oxygens (including phenoxy) is 10. The van der Waals surface area contributed by atoms with E-state index in [0.29, 0.717) is 92.5 Å². The molecule has 56 heavy (non-hydrogen) atoms. The summed E-state index contributed by atoms with van der Waals surface area (Å²) in [4.78, 5) is 38.4. The van der Waals surface area contributed by atoms with Crippen molar-refractivity contribution >= 4 is 18.1 Å². The zero-order valence-corrected chi connectivity index (χ0v) is 33.3. The van der Waals surface area contributed by atoms with E-state index >= 15 is 0 Å². The van der Waals surface area contributed by atoms with E-state index in [-0.39, 0.29) is 32.2 Å². The molecule has 314 valence electrons. The van der Waals surface area contributed by atoms with Crippen LogP contribution in [0.1, 0.15) is 37.8 Å². The standard InChI is InChI=1S/C40H61N3O13/c1-40(2,3)56-38(45)42-29-36(43-39(46)55-30-35-33-11-7-5-9-31(33)32-10-6-8-12-34(32)35)37(44)41-13-14-48-17-18-50-21-22-52-25-26-54-28-27-53-24-23-51-20-19-49-16-15-47-4/h5-12,35-36H,13-30H2,1-4H3,(H,41,44)(H,42,45)(H,43,46). The molecule has 1 atom stereocenters. The second-order valence-electron chi connectivity index (χ2n) is 13.5. The Bertz CT molecular complexity index is 1360. The molecule has 3 N–H and O–H groups in total. The van der Waals surface area contributed by atoms with Gasteiger partial charge in [0.05, 0.1) is 106 Å². The first-order valence-corrected chi connectivity index (χ1v) is 19.1. The first-order chi connectivity index (χ1) is 27.2. The Morgan fingerprint density at radius 2 is 1.02 bits per heavy atom. The minimum absolute atomic E-state index is 0.0750. The minimum atomic E-state index is -1.13. The van der Waals surface area contributed by atoms with Crippen molar-refractivity contribution in [1.82, 2.24) is 16.0 Å². The molecule has 3 rings (SSSR count). The molecule has 2 aromatic carbocycles. The van der Waals surface area contributed by atoms with E-state index in [2.05, 4.69) is 16.0 Å². The number of rotatable bonds is 30. The summed E-state index contributed by atoms with van der Waals surface area (Å²) in [6.45, 7) is 11.9. The van der Waals surface area contributed by atoms with Gasteiger partial charge >= 0.3 is 12.2 Å². The van der Waals surface area contributed by atoms with E-state index in [1.54, 1.807) is 27.9 Å². The highest BCUT2D eigenvalue weighted by atomic mass is 16.6. The van der Waals surface area contributed by atoms with E-state index in [1.807, 2.05) is 48.5 Å². The summed E-state index contributed by atoms with van der Waals surface area (Å²) >= 11 is 0. The monoisotopic (exact) mass is 791 g/mol. The predicted molar refractivity (Wildman–Crippen MR) is 207 cm³/mol. The van der Waals surface area contributed by atoms with Crippen LogP contribution in [0.25, 0.3) is 11.1 Å². The quantitative estimate of drug-likeness (QED) is 0.0983. The number of nitrogens with one attached hydrogen (secondary N) is 3. The van der Waals surface area contributed by atoms with Crippen LogP contribution in [-0.4, -0.2) is 156 Å². The van der Waals surface area contributed by atoms with Crippen molar-refractivity contribution in [2.45, 2.75) is 38.3 Å². The summed E-state index contributed by atoms with van der Waals surface area (Å²) in [5.74, 6) is -0.672. The van der Waals surface area contributed by atoms with Gasteiger partial charge in [-0.15, -0.1) is 0 Å². The van der Waals surface area contributed by atoms with Gasteiger partial charge in [0, 0.05) is 19.6 Å². The van der Waals surface area contributed by atoms with Crippen molar-refractivity contribution in [2.24, 2.45) is 0 Å². The van der Waals surface area contributed by atoms with Gasteiger partial charge in [-0.2, -0.15) is 0 Å². The van der Waals surface area contributed by atoms with Crippen LogP contribution < -0.4 is 16.0 Å². The molecule has 1 unspecified atom stereocenters. The maximum Gasteiger partial charge on any atom is 0.407 e. The summed E-state index contributed by atoms with van der Waals surface area (Å²) in [6, 6.07) is 14.9. The summed E-state index contributed by atoms with van der Waals surface area (Å²) in [5, 5.41) is 7.86. The number of amides is 3. The van der Waals surface area contributed by atoms with E-state index in [0.717, 1.165) is 22.3 Å². The third kappa shape index (κ3) is 19.3. The van der Waals surface area contributed by atoms with E-state index < -0.39 is 29.7 Å². The van der Waals surface area contributed by atoms with Gasteiger partial charge in [0.25, 0.3) is 0 Å². The number of carbonyl (C=O) groups excluding carboxylic acids is 3. The number of hydrogen-bond acceptors (Lipinski definition) is 13. The number of benzene rings is 2. The molecule has 0 saturated heterocycles. The molecule has 0 aromatic heterocycles. The highest BCUT2D eigenvalue weighted by Gasteiger charge is 2.30. The zero-order valence-electron chi connectivity index (χ0n) is 33.3. The molecule has 2 aromatic rings. The molecule has 0 saturated carbocycles. The fraction of sp³-hybridized carbons (Fsp3) is 0.625. The van der Waals surface area contributed by atoms with E-state index in [4.69, 9.17) is 47.4 Å². The highest BCUT2D eigenvalue weighted by molar-refractivity contribution is 5.86. The lowest BCUT2D eigenvalue weighted by molar-refractivity contribution is -0.123. The number of carbonyl (C=O) groups is 3. The van der Waals surface area contributed by atoms with Gasteiger partial charge in [-0.25, -0.2) is 9.59 Å². The van der Waals surface area contributed by atoms with Gasteiger partial charge in [0.2, 0.25) is 5.91 Å². The number of fused-ring (bicyclic) bond motifs is 3. The van der Waals surface area contributed by atoms with Crippen molar-refractivity contribution in [2.75, 3.05) is 126 Å². The largest absolute Gasteiger partial charge is 0.449 e. The lowest BCUT2D eigenvalue weighted by Crippen LogP contribution is -2.53. The summed E-state index contributed by atoms with van der Waals surface area (Å²) in [7, 11) is 1.63. The summed E-state index contributed by atoms with van der Waals surface area (Å²) < 4.78 is 54.0. The average molecular weight is 792 g/mol. The van der Waals surface area contributed by atoms with Gasteiger partial charge in [0.15, 0.2) is 0 Å². The molecule has 3 amide bonds. The molecule has 16 nitrogen and oxygen atoms in total. The average Bonchev–Trinajstić information content (AvgIpc) is 3.50. The molecule has 0 bridgehead atoms. The topological polar surface area (TPSA) is 180 Å². The Labute approximate surface area is 330 Å². The van der Waals surface area contributed by atoms with Crippen LogP contribution in [0.2, 0.25) is 0 Å². The maximum atomic E-state index is 13.1. The Morgan fingerprint density at radius 3 is 1.46 bits per heavy atom. The first kappa shape index (κ1) is 46.5. The zero-order chi connectivity index (χ0) is 40.3. The van der Waals surface area contributed by atoms with Crippen LogP contribution in [0.4, 0.5) is 9.59 Å². The normalized spacial score (nSPS) is 12.8. The van der Waals surface area contributed by atoms with Crippen LogP contribution in [-0.2, 0) is 52.2 Å². The van der Waals surface area contributed by atoms with E-state index in [1.165, 1.54) is 0 Å². The molecule has 1 aliphatic carbocycles. The minimum Gasteiger partial charge on any atom is -0.449 e. The molecule has 0 radical (unpaired) electrons. The molecule has 16 heteroatoms. The Hall–Kier alpha value is -3.87. The fourth-order valence-corrected chi connectivity index (χ4v) is 5.42. The van der Waals surface area contributed by atoms with Crippen molar-refractivity contribution in [3.63, 3.8) is 0 Å². The Kier molecular flexibility index (Phi) is 23.0. The van der Waals surface area contributed by atoms with Gasteiger partial charge in [-0.05, 0) is 43.0 Å².